The fourth-order valence-electron chi connectivity index (χ4n) is 3.57. The molecule has 142 valence electrons. The largest absolute Gasteiger partial charge is 0.339 e. The molecule has 2 aromatic rings. The maximum atomic E-state index is 13.0. The molecule has 2 amide bonds. The Morgan fingerprint density at radius 2 is 1.78 bits per heavy atom. The number of carbonyl (C=O) groups excluding carboxylic acids is 2. The van der Waals surface area contributed by atoms with E-state index in [1.807, 2.05) is 44.3 Å². The van der Waals surface area contributed by atoms with E-state index >= 15 is 0 Å². The molecule has 1 aliphatic heterocycles. The van der Waals surface area contributed by atoms with Crippen LogP contribution in [0.3, 0.4) is 0 Å². The Kier molecular flexibility index (Phi) is 6.17. The van der Waals surface area contributed by atoms with Gasteiger partial charge >= 0.3 is 0 Å². The summed E-state index contributed by atoms with van der Waals surface area (Å²) in [5.41, 5.74) is 1.72. The normalized spacial score (nSPS) is 18.0. The highest BCUT2D eigenvalue weighted by atomic mass is 35.5. The molecule has 1 fully saturated rings. The summed E-state index contributed by atoms with van der Waals surface area (Å²) in [6.45, 7) is 3.18. The lowest BCUT2D eigenvalue weighted by molar-refractivity contribution is -0.137. The molecule has 1 heterocycles. The van der Waals surface area contributed by atoms with Crippen LogP contribution in [0.2, 0.25) is 5.02 Å². The highest BCUT2D eigenvalue weighted by molar-refractivity contribution is 6.30. The Morgan fingerprint density at radius 1 is 1.11 bits per heavy atom. The SMILES string of the molecule is CC(c1ccccc1)N(C)C(=O)C1CCCN(C(=O)c2ccc(Cl)cc2)C1. The molecule has 0 saturated carbocycles. The Labute approximate surface area is 165 Å². The quantitative estimate of drug-likeness (QED) is 0.783. The average molecular weight is 385 g/mol. The summed E-state index contributed by atoms with van der Waals surface area (Å²) in [5, 5.41) is 0.606. The predicted octanol–water partition coefficient (Wildman–Crippen LogP) is 4.41. The number of likely N-dealkylation sites (tertiary alicyclic amines) is 1. The van der Waals surface area contributed by atoms with Gasteiger partial charge in [0, 0.05) is 30.7 Å². The number of hydrogen-bond acceptors (Lipinski definition) is 2. The summed E-state index contributed by atoms with van der Waals surface area (Å²) in [7, 11) is 1.85. The molecular weight excluding hydrogens is 360 g/mol. The molecule has 2 atom stereocenters. The first-order valence-electron chi connectivity index (χ1n) is 9.34. The van der Waals surface area contributed by atoms with E-state index in [1.165, 1.54) is 0 Å². The molecular formula is C22H25ClN2O2. The third kappa shape index (κ3) is 4.51. The molecule has 1 saturated heterocycles. The topological polar surface area (TPSA) is 40.6 Å². The number of piperidine rings is 1. The van der Waals surface area contributed by atoms with E-state index < -0.39 is 0 Å². The summed E-state index contributed by atoms with van der Waals surface area (Å²) in [4.78, 5) is 29.4. The zero-order valence-electron chi connectivity index (χ0n) is 15.8. The molecule has 0 N–H and O–H groups in total. The van der Waals surface area contributed by atoms with Crippen LogP contribution in [0, 0.1) is 5.92 Å². The number of rotatable bonds is 4. The zero-order chi connectivity index (χ0) is 19.4. The Morgan fingerprint density at radius 3 is 2.44 bits per heavy atom. The molecule has 5 heteroatoms. The van der Waals surface area contributed by atoms with Crippen molar-refractivity contribution in [3.8, 4) is 0 Å². The van der Waals surface area contributed by atoms with Crippen molar-refractivity contribution in [1.29, 1.82) is 0 Å². The molecule has 3 rings (SSSR count). The van der Waals surface area contributed by atoms with Gasteiger partial charge in [-0.05, 0) is 49.6 Å². The number of hydrogen-bond donors (Lipinski definition) is 0. The lowest BCUT2D eigenvalue weighted by atomic mass is 9.95. The number of halogens is 1. The fraction of sp³-hybridized carbons (Fsp3) is 0.364. The van der Waals surface area contributed by atoms with Gasteiger partial charge < -0.3 is 9.80 Å². The molecule has 0 aromatic heterocycles. The summed E-state index contributed by atoms with van der Waals surface area (Å²) in [5.74, 6) is -0.103. The van der Waals surface area contributed by atoms with Crippen LogP contribution in [0.1, 0.15) is 41.7 Å². The van der Waals surface area contributed by atoms with E-state index in [-0.39, 0.29) is 23.8 Å². The van der Waals surface area contributed by atoms with E-state index in [0.717, 1.165) is 18.4 Å². The van der Waals surface area contributed by atoms with Gasteiger partial charge in [0.05, 0.1) is 12.0 Å². The van der Waals surface area contributed by atoms with Gasteiger partial charge in [-0.1, -0.05) is 41.9 Å². The van der Waals surface area contributed by atoms with Crippen LogP contribution in [-0.4, -0.2) is 41.8 Å². The minimum absolute atomic E-state index is 0.000966. The first-order chi connectivity index (χ1) is 13.0. The second kappa shape index (κ2) is 8.57. The van der Waals surface area contributed by atoms with Crippen molar-refractivity contribution in [3.05, 3.63) is 70.7 Å². The zero-order valence-corrected chi connectivity index (χ0v) is 16.5. The van der Waals surface area contributed by atoms with E-state index in [9.17, 15) is 9.59 Å². The van der Waals surface area contributed by atoms with Crippen molar-refractivity contribution in [2.24, 2.45) is 5.92 Å². The van der Waals surface area contributed by atoms with Crippen LogP contribution in [0.15, 0.2) is 54.6 Å². The van der Waals surface area contributed by atoms with Crippen LogP contribution < -0.4 is 0 Å². The molecule has 0 bridgehead atoms. The van der Waals surface area contributed by atoms with E-state index in [4.69, 9.17) is 11.6 Å². The summed E-state index contributed by atoms with van der Waals surface area (Å²) in [6, 6.07) is 16.9. The van der Waals surface area contributed by atoms with Crippen molar-refractivity contribution in [3.63, 3.8) is 0 Å². The molecule has 4 nitrogen and oxygen atoms in total. The van der Waals surface area contributed by atoms with E-state index in [0.29, 0.717) is 23.7 Å². The third-order valence-electron chi connectivity index (χ3n) is 5.36. The molecule has 0 radical (unpaired) electrons. The first kappa shape index (κ1) is 19.4. The third-order valence-corrected chi connectivity index (χ3v) is 5.61. The monoisotopic (exact) mass is 384 g/mol. The Bertz CT molecular complexity index is 792. The molecule has 2 unspecified atom stereocenters. The molecule has 27 heavy (non-hydrogen) atoms. The van der Waals surface area contributed by atoms with Gasteiger partial charge in [0.25, 0.3) is 5.91 Å². The summed E-state index contributed by atoms with van der Waals surface area (Å²) < 4.78 is 0. The second-order valence-electron chi connectivity index (χ2n) is 7.13. The number of benzene rings is 2. The Balaban J connectivity index is 1.67. The van der Waals surface area contributed by atoms with E-state index in [2.05, 4.69) is 0 Å². The van der Waals surface area contributed by atoms with Gasteiger partial charge in [-0.25, -0.2) is 0 Å². The van der Waals surface area contributed by atoms with Crippen molar-refractivity contribution in [1.82, 2.24) is 9.80 Å². The maximum absolute atomic E-state index is 13.0. The predicted molar refractivity (Wildman–Crippen MR) is 108 cm³/mol. The van der Waals surface area contributed by atoms with E-state index in [1.54, 1.807) is 34.1 Å². The Hall–Kier alpha value is -2.33. The lowest BCUT2D eigenvalue weighted by Gasteiger charge is -2.36. The number of nitrogens with zero attached hydrogens (tertiary/aromatic N) is 2. The number of carbonyl (C=O) groups is 2. The van der Waals surface area contributed by atoms with Crippen molar-refractivity contribution in [2.75, 3.05) is 20.1 Å². The number of amides is 2. The molecule has 0 spiro atoms. The minimum Gasteiger partial charge on any atom is -0.339 e. The van der Waals surface area contributed by atoms with Gasteiger partial charge in [-0.3, -0.25) is 9.59 Å². The standard InChI is InChI=1S/C22H25ClN2O2/c1-16(17-7-4-3-5-8-17)24(2)21(26)19-9-6-14-25(15-19)22(27)18-10-12-20(23)13-11-18/h3-5,7-8,10-13,16,19H,6,9,14-15H2,1-2H3. The van der Waals surface area contributed by atoms with Gasteiger partial charge in [-0.15, -0.1) is 0 Å². The van der Waals surface area contributed by atoms with Crippen molar-refractivity contribution >= 4 is 23.4 Å². The molecule has 2 aromatic carbocycles. The van der Waals surface area contributed by atoms with Gasteiger partial charge in [-0.2, -0.15) is 0 Å². The van der Waals surface area contributed by atoms with Crippen molar-refractivity contribution < 1.29 is 9.59 Å². The highest BCUT2D eigenvalue weighted by Gasteiger charge is 2.32. The van der Waals surface area contributed by atoms with Gasteiger partial charge in [0.15, 0.2) is 0 Å². The molecule has 1 aliphatic rings. The maximum Gasteiger partial charge on any atom is 0.253 e. The summed E-state index contributed by atoms with van der Waals surface area (Å²) >= 11 is 5.91. The highest BCUT2D eigenvalue weighted by Crippen LogP contribution is 2.25. The molecule has 0 aliphatic carbocycles. The van der Waals surface area contributed by atoms with Crippen LogP contribution in [-0.2, 0) is 4.79 Å². The minimum atomic E-state index is -0.161. The van der Waals surface area contributed by atoms with Gasteiger partial charge in [0.1, 0.15) is 0 Å². The van der Waals surface area contributed by atoms with Crippen LogP contribution in [0.5, 0.6) is 0 Å². The van der Waals surface area contributed by atoms with Gasteiger partial charge in [0.2, 0.25) is 5.91 Å². The fourth-order valence-corrected chi connectivity index (χ4v) is 3.70. The summed E-state index contributed by atoms with van der Waals surface area (Å²) in [6.07, 6.45) is 1.65. The van der Waals surface area contributed by atoms with Crippen LogP contribution >= 0.6 is 11.6 Å². The van der Waals surface area contributed by atoms with Crippen LogP contribution in [0.25, 0.3) is 0 Å². The second-order valence-corrected chi connectivity index (χ2v) is 7.57. The lowest BCUT2D eigenvalue weighted by Crippen LogP contribution is -2.46. The average Bonchev–Trinajstić information content (AvgIpc) is 2.73. The van der Waals surface area contributed by atoms with Crippen LogP contribution in [0.4, 0.5) is 0 Å². The van der Waals surface area contributed by atoms with Crippen molar-refractivity contribution in [2.45, 2.75) is 25.8 Å². The smallest absolute Gasteiger partial charge is 0.253 e. The first-order valence-corrected chi connectivity index (χ1v) is 9.71.